The van der Waals surface area contributed by atoms with Gasteiger partial charge in [0.15, 0.2) is 0 Å². The first-order valence-corrected chi connectivity index (χ1v) is 10.9. The van der Waals surface area contributed by atoms with Crippen LogP contribution in [0.5, 0.6) is 5.75 Å². The molecule has 0 unspecified atom stereocenters. The monoisotopic (exact) mass is 446 g/mol. The lowest BCUT2D eigenvalue weighted by Crippen LogP contribution is -2.52. The van der Waals surface area contributed by atoms with Crippen LogP contribution < -0.4 is 20.3 Å². The summed E-state index contributed by atoms with van der Waals surface area (Å²) < 4.78 is 44.5. The molecule has 1 aliphatic carbocycles. The van der Waals surface area contributed by atoms with Crippen molar-refractivity contribution in [1.29, 1.82) is 0 Å². The zero-order chi connectivity index (χ0) is 22.3. The van der Waals surface area contributed by atoms with Crippen molar-refractivity contribution in [2.24, 2.45) is 0 Å². The second kappa shape index (κ2) is 7.86. The summed E-state index contributed by atoms with van der Waals surface area (Å²) in [5.41, 5.74) is 0.0442. The van der Waals surface area contributed by atoms with E-state index in [1.807, 2.05) is 29.2 Å². The van der Waals surface area contributed by atoms with Gasteiger partial charge in [-0.25, -0.2) is 9.78 Å². The maximum absolute atomic E-state index is 12.8. The third-order valence-corrected chi connectivity index (χ3v) is 6.69. The molecule has 0 bridgehead atoms. The fraction of sp³-hybridized carbons (Fsp3) is 0.478. The molecule has 6 nitrogen and oxygen atoms in total. The van der Waals surface area contributed by atoms with E-state index in [-0.39, 0.29) is 23.7 Å². The zero-order valence-corrected chi connectivity index (χ0v) is 17.5. The second-order valence-corrected chi connectivity index (χ2v) is 8.89. The van der Waals surface area contributed by atoms with Crippen molar-refractivity contribution in [2.75, 3.05) is 18.0 Å². The van der Waals surface area contributed by atoms with Gasteiger partial charge in [0, 0.05) is 37.3 Å². The Morgan fingerprint density at radius 2 is 1.97 bits per heavy atom. The molecule has 2 amide bonds. The molecule has 2 aromatic rings. The number of amides is 2. The molecule has 9 heteroatoms. The smallest absolute Gasteiger partial charge is 0.417 e. The molecular formula is C23H25F3N4O2. The number of rotatable bonds is 3. The van der Waals surface area contributed by atoms with E-state index in [1.54, 1.807) is 0 Å². The number of anilines is 1. The van der Waals surface area contributed by atoms with Crippen molar-refractivity contribution in [3.8, 4) is 5.75 Å². The van der Waals surface area contributed by atoms with Crippen LogP contribution in [-0.2, 0) is 6.18 Å². The number of halogens is 3. The Morgan fingerprint density at radius 1 is 1.16 bits per heavy atom. The first-order chi connectivity index (χ1) is 15.3. The Morgan fingerprint density at radius 3 is 2.66 bits per heavy atom. The van der Waals surface area contributed by atoms with Crippen LogP contribution in [0.15, 0.2) is 42.6 Å². The van der Waals surface area contributed by atoms with Crippen LogP contribution in [0.1, 0.15) is 49.3 Å². The largest absolute Gasteiger partial charge is 0.487 e. The maximum Gasteiger partial charge on any atom is 0.417 e. The Kier molecular flexibility index (Phi) is 5.14. The van der Waals surface area contributed by atoms with Gasteiger partial charge in [-0.15, -0.1) is 0 Å². The number of benzene rings is 1. The maximum atomic E-state index is 12.8. The number of carbonyl (C=O) groups is 1. The molecule has 2 atom stereocenters. The number of hydrogen-bond donors (Lipinski definition) is 2. The Bertz CT molecular complexity index is 991. The fourth-order valence-electron chi connectivity index (χ4n) is 4.84. The van der Waals surface area contributed by atoms with E-state index in [2.05, 4.69) is 15.6 Å². The van der Waals surface area contributed by atoms with E-state index >= 15 is 0 Å². The van der Waals surface area contributed by atoms with E-state index in [9.17, 15) is 18.0 Å². The highest BCUT2D eigenvalue weighted by Gasteiger charge is 2.46. The number of nitrogens with one attached hydrogen (secondary N) is 2. The van der Waals surface area contributed by atoms with Gasteiger partial charge in [-0.05, 0) is 43.9 Å². The van der Waals surface area contributed by atoms with Crippen molar-refractivity contribution in [3.63, 3.8) is 0 Å². The standard InChI is InChI=1S/C23H25F3N4O2/c24-23(25,26)15-6-7-20(27-13-15)30-11-8-16(14-30)28-21(31)29-18-12-22(9-3-10-22)32-19-5-2-1-4-17(18)19/h1-2,4-7,13,16,18H,3,8-12,14H2,(H2,28,29,31)/t16-,18-/m1/s1. The van der Waals surface area contributed by atoms with E-state index in [1.165, 1.54) is 6.07 Å². The number of ether oxygens (including phenoxy) is 1. The van der Waals surface area contributed by atoms with Crippen molar-refractivity contribution >= 4 is 11.8 Å². The van der Waals surface area contributed by atoms with Gasteiger partial charge in [-0.1, -0.05) is 18.2 Å². The van der Waals surface area contributed by atoms with Crippen LogP contribution in [0.25, 0.3) is 0 Å². The number of hydrogen-bond acceptors (Lipinski definition) is 4. The van der Waals surface area contributed by atoms with Crippen LogP contribution in [0.3, 0.4) is 0 Å². The van der Waals surface area contributed by atoms with E-state index in [0.717, 1.165) is 49.3 Å². The molecule has 3 heterocycles. The van der Waals surface area contributed by atoms with Crippen molar-refractivity contribution < 1.29 is 22.7 Å². The average Bonchev–Trinajstić information content (AvgIpc) is 3.20. The van der Waals surface area contributed by atoms with E-state index in [4.69, 9.17) is 4.74 Å². The zero-order valence-electron chi connectivity index (χ0n) is 17.5. The predicted molar refractivity (Wildman–Crippen MR) is 113 cm³/mol. The minimum absolute atomic E-state index is 0.105. The molecular weight excluding hydrogens is 421 g/mol. The number of nitrogens with zero attached hydrogens (tertiary/aromatic N) is 2. The van der Waals surface area contributed by atoms with Gasteiger partial charge in [0.1, 0.15) is 17.2 Å². The summed E-state index contributed by atoms with van der Waals surface area (Å²) in [5.74, 6) is 1.32. The molecule has 170 valence electrons. The Balaban J connectivity index is 1.19. The summed E-state index contributed by atoms with van der Waals surface area (Å²) in [6.07, 6.45) is 1.03. The molecule has 1 aromatic heterocycles. The first-order valence-electron chi connectivity index (χ1n) is 10.9. The van der Waals surface area contributed by atoms with Gasteiger partial charge in [-0.2, -0.15) is 13.2 Å². The molecule has 1 saturated carbocycles. The van der Waals surface area contributed by atoms with Crippen LogP contribution in [0, 0.1) is 0 Å². The van der Waals surface area contributed by atoms with Crippen LogP contribution in [-0.4, -0.2) is 35.7 Å². The van der Waals surface area contributed by atoms with Gasteiger partial charge in [0.2, 0.25) is 0 Å². The van der Waals surface area contributed by atoms with Crippen molar-refractivity contribution in [2.45, 2.75) is 56.0 Å². The van der Waals surface area contributed by atoms with E-state index in [0.29, 0.717) is 25.3 Å². The summed E-state index contributed by atoms with van der Waals surface area (Å²) in [4.78, 5) is 18.6. The van der Waals surface area contributed by atoms with E-state index < -0.39 is 11.7 Å². The summed E-state index contributed by atoms with van der Waals surface area (Å²) in [6, 6.07) is 9.77. The van der Waals surface area contributed by atoms with Gasteiger partial charge < -0.3 is 20.3 Å². The molecule has 5 rings (SSSR count). The number of alkyl halides is 3. The summed E-state index contributed by atoms with van der Waals surface area (Å²) in [6.45, 7) is 1.12. The lowest BCUT2D eigenvalue weighted by atomic mass is 9.73. The van der Waals surface area contributed by atoms with Crippen LogP contribution in [0.2, 0.25) is 0 Å². The quantitative estimate of drug-likeness (QED) is 0.732. The number of fused-ring (bicyclic) bond motifs is 1. The number of pyridine rings is 1. The highest BCUT2D eigenvalue weighted by molar-refractivity contribution is 5.75. The summed E-state index contributed by atoms with van der Waals surface area (Å²) >= 11 is 0. The minimum Gasteiger partial charge on any atom is -0.487 e. The lowest BCUT2D eigenvalue weighted by Gasteiger charge is -2.48. The van der Waals surface area contributed by atoms with Crippen molar-refractivity contribution in [3.05, 3.63) is 53.7 Å². The second-order valence-electron chi connectivity index (χ2n) is 8.89. The number of urea groups is 1. The SMILES string of the molecule is O=C(N[C@@H]1CCN(c2ccc(C(F)(F)F)cn2)C1)N[C@@H]1CC2(CCC2)Oc2ccccc21. The Labute approximate surface area is 184 Å². The molecule has 3 aliphatic rings. The molecule has 2 aliphatic heterocycles. The Hall–Kier alpha value is -2.97. The van der Waals surface area contributed by atoms with Gasteiger partial charge in [-0.3, -0.25) is 0 Å². The highest BCUT2D eigenvalue weighted by Crippen LogP contribution is 2.48. The molecule has 2 fully saturated rings. The third kappa shape index (κ3) is 4.08. The average molecular weight is 446 g/mol. The van der Waals surface area contributed by atoms with Crippen molar-refractivity contribution in [1.82, 2.24) is 15.6 Å². The molecule has 32 heavy (non-hydrogen) atoms. The summed E-state index contributed by atoms with van der Waals surface area (Å²) in [7, 11) is 0. The first kappa shape index (κ1) is 20.9. The number of carbonyl (C=O) groups excluding carboxylic acids is 1. The van der Waals surface area contributed by atoms with Gasteiger partial charge >= 0.3 is 12.2 Å². The minimum atomic E-state index is -4.40. The molecule has 1 spiro atoms. The third-order valence-electron chi connectivity index (χ3n) is 6.69. The predicted octanol–water partition coefficient (Wildman–Crippen LogP) is 4.42. The molecule has 2 N–H and O–H groups in total. The normalized spacial score (nSPS) is 23.8. The number of aromatic nitrogens is 1. The van der Waals surface area contributed by atoms with Crippen LogP contribution in [0.4, 0.5) is 23.8 Å². The molecule has 1 aromatic carbocycles. The summed E-state index contributed by atoms with van der Waals surface area (Å²) in [5, 5.41) is 6.13. The molecule has 0 radical (unpaired) electrons. The number of para-hydroxylation sites is 1. The highest BCUT2D eigenvalue weighted by atomic mass is 19.4. The van der Waals surface area contributed by atoms with Gasteiger partial charge in [0.25, 0.3) is 0 Å². The topological polar surface area (TPSA) is 66.5 Å². The van der Waals surface area contributed by atoms with Gasteiger partial charge in [0.05, 0.1) is 11.6 Å². The lowest BCUT2D eigenvalue weighted by molar-refractivity contribution is -0.137. The van der Waals surface area contributed by atoms with Crippen LogP contribution >= 0.6 is 0 Å². The molecule has 1 saturated heterocycles. The fourth-order valence-corrected chi connectivity index (χ4v) is 4.84.